The highest BCUT2D eigenvalue weighted by atomic mass is 14.3. The molecule has 0 atom stereocenters. The molecule has 0 heterocycles. The van der Waals surface area contributed by atoms with Crippen LogP contribution in [0.15, 0.2) is 170 Å². The van der Waals surface area contributed by atoms with Crippen molar-refractivity contribution in [3.8, 4) is 55.6 Å². The van der Waals surface area contributed by atoms with Crippen LogP contribution >= 0.6 is 0 Å². The summed E-state index contributed by atoms with van der Waals surface area (Å²) >= 11 is 0. The fraction of sp³-hybridized carbons (Fsp3) is 0.133. The molecule has 0 nitrogen and oxygen atoms in total. The fourth-order valence-corrected chi connectivity index (χ4v) is 9.76. The zero-order chi connectivity index (χ0) is 41.1. The van der Waals surface area contributed by atoms with Crippen LogP contribution in [-0.4, -0.2) is 0 Å². The number of hydrogen-bond donors (Lipinski definition) is 0. The predicted molar refractivity (Wildman–Crippen MR) is 261 cm³/mol. The van der Waals surface area contributed by atoms with Gasteiger partial charge in [-0.1, -0.05) is 171 Å². The molecular weight excluding hydrogens is 721 g/mol. The maximum atomic E-state index is 2.43. The molecule has 0 saturated heterocycles. The SMILES string of the molecule is CCc1ccc(-c2cc(-c3cccc(CC)c3)cc(-c3ccc(C)c(-c4c5ccc(C)cc5c(-c5ccc6ccc7ccccc7c6c5)c5ccc(C)cc45)c3C)c2)cc1. The van der Waals surface area contributed by atoms with Crippen molar-refractivity contribution in [3.63, 3.8) is 0 Å². The Bertz CT molecular complexity index is 3300. The Morgan fingerprint density at radius 1 is 0.317 bits per heavy atom. The average molecular weight is 771 g/mol. The second-order valence-corrected chi connectivity index (χ2v) is 16.9. The minimum Gasteiger partial charge on any atom is -0.0616 e. The highest BCUT2D eigenvalue weighted by Crippen LogP contribution is 2.48. The molecule has 60 heavy (non-hydrogen) atoms. The summed E-state index contributed by atoms with van der Waals surface area (Å²) < 4.78 is 0. The third kappa shape index (κ3) is 6.48. The lowest BCUT2D eigenvalue weighted by Crippen LogP contribution is -1.97. The maximum absolute atomic E-state index is 2.43. The molecule has 0 aliphatic carbocycles. The predicted octanol–water partition coefficient (Wildman–Crippen LogP) is 17.0. The van der Waals surface area contributed by atoms with E-state index in [0.717, 1.165) is 12.8 Å². The van der Waals surface area contributed by atoms with Gasteiger partial charge in [-0.2, -0.15) is 0 Å². The molecule has 0 spiro atoms. The number of fused-ring (bicyclic) bond motifs is 5. The molecule has 0 saturated carbocycles. The van der Waals surface area contributed by atoms with Crippen molar-refractivity contribution in [2.24, 2.45) is 0 Å². The van der Waals surface area contributed by atoms with Gasteiger partial charge in [0.25, 0.3) is 0 Å². The van der Waals surface area contributed by atoms with Crippen LogP contribution < -0.4 is 0 Å². The summed E-state index contributed by atoms with van der Waals surface area (Å²) in [5.74, 6) is 0. The molecule has 0 bridgehead atoms. The van der Waals surface area contributed by atoms with Crippen LogP contribution in [-0.2, 0) is 12.8 Å². The monoisotopic (exact) mass is 770 g/mol. The summed E-state index contributed by atoms with van der Waals surface area (Å²) in [5, 5.41) is 10.3. The Balaban J connectivity index is 1.24. The number of hydrogen-bond acceptors (Lipinski definition) is 0. The highest BCUT2D eigenvalue weighted by molar-refractivity contribution is 6.23. The van der Waals surface area contributed by atoms with Gasteiger partial charge in [0.15, 0.2) is 0 Å². The Morgan fingerprint density at radius 3 is 1.67 bits per heavy atom. The summed E-state index contributed by atoms with van der Waals surface area (Å²) in [7, 11) is 0. The topological polar surface area (TPSA) is 0 Å². The van der Waals surface area contributed by atoms with Crippen LogP contribution in [0.5, 0.6) is 0 Å². The van der Waals surface area contributed by atoms with E-state index in [1.54, 1.807) is 0 Å². The quantitative estimate of drug-likeness (QED) is 0.112. The van der Waals surface area contributed by atoms with Crippen molar-refractivity contribution >= 4 is 43.1 Å². The lowest BCUT2D eigenvalue weighted by Gasteiger charge is -2.23. The van der Waals surface area contributed by atoms with E-state index in [4.69, 9.17) is 0 Å². The van der Waals surface area contributed by atoms with Crippen molar-refractivity contribution in [1.29, 1.82) is 0 Å². The van der Waals surface area contributed by atoms with Crippen LogP contribution in [0.3, 0.4) is 0 Å². The normalized spacial score (nSPS) is 11.6. The van der Waals surface area contributed by atoms with Gasteiger partial charge in [0.1, 0.15) is 0 Å². The van der Waals surface area contributed by atoms with Gasteiger partial charge in [-0.3, -0.25) is 0 Å². The van der Waals surface area contributed by atoms with Gasteiger partial charge in [-0.15, -0.1) is 0 Å². The first kappa shape index (κ1) is 37.5. The third-order valence-corrected chi connectivity index (χ3v) is 13.0. The molecule has 10 aromatic carbocycles. The molecule has 290 valence electrons. The van der Waals surface area contributed by atoms with E-state index < -0.39 is 0 Å². The molecule has 0 amide bonds. The zero-order valence-electron chi connectivity index (χ0n) is 35.6. The molecule has 0 N–H and O–H groups in total. The molecule has 0 aromatic heterocycles. The fourth-order valence-electron chi connectivity index (χ4n) is 9.76. The number of rotatable bonds is 7. The second-order valence-electron chi connectivity index (χ2n) is 16.9. The zero-order valence-corrected chi connectivity index (χ0v) is 35.6. The van der Waals surface area contributed by atoms with Crippen LogP contribution in [0.4, 0.5) is 0 Å². The van der Waals surface area contributed by atoms with Gasteiger partial charge in [0.05, 0.1) is 0 Å². The van der Waals surface area contributed by atoms with Crippen LogP contribution in [0.25, 0.3) is 98.7 Å². The number of aryl methyl sites for hydroxylation is 5. The Hall–Kier alpha value is -6.76. The summed E-state index contributed by atoms with van der Waals surface area (Å²) in [6.07, 6.45) is 2.04. The van der Waals surface area contributed by atoms with Crippen LogP contribution in [0, 0.1) is 27.7 Å². The lowest BCUT2D eigenvalue weighted by atomic mass is 9.81. The van der Waals surface area contributed by atoms with Crippen molar-refractivity contribution in [1.82, 2.24) is 0 Å². The molecule has 0 unspecified atom stereocenters. The lowest BCUT2D eigenvalue weighted by molar-refractivity contribution is 1.14. The second kappa shape index (κ2) is 15.1. The van der Waals surface area contributed by atoms with E-state index in [2.05, 4.69) is 211 Å². The first-order valence-corrected chi connectivity index (χ1v) is 21.6. The molecule has 0 aliphatic rings. The molecule has 10 rings (SSSR count). The van der Waals surface area contributed by atoms with E-state index in [1.165, 1.54) is 132 Å². The smallest absolute Gasteiger partial charge is 0.00207 e. The minimum atomic E-state index is 1.01. The Kier molecular flexibility index (Phi) is 9.45. The highest BCUT2D eigenvalue weighted by Gasteiger charge is 2.22. The molecule has 0 fully saturated rings. The third-order valence-electron chi connectivity index (χ3n) is 13.0. The van der Waals surface area contributed by atoms with Crippen LogP contribution in [0.2, 0.25) is 0 Å². The largest absolute Gasteiger partial charge is 0.0616 e. The summed E-state index contributed by atoms with van der Waals surface area (Å²) in [6, 6.07) is 64.6. The molecule has 10 aromatic rings. The van der Waals surface area contributed by atoms with Crippen molar-refractivity contribution in [3.05, 3.63) is 203 Å². The van der Waals surface area contributed by atoms with Gasteiger partial charge in [-0.05, 0) is 186 Å². The summed E-state index contributed by atoms with van der Waals surface area (Å²) in [5.41, 5.74) is 20.5. The van der Waals surface area contributed by atoms with Crippen molar-refractivity contribution < 1.29 is 0 Å². The van der Waals surface area contributed by atoms with E-state index in [9.17, 15) is 0 Å². The average Bonchev–Trinajstić information content (AvgIpc) is 3.28. The first-order chi connectivity index (χ1) is 29.3. The molecule has 0 radical (unpaired) electrons. The van der Waals surface area contributed by atoms with Gasteiger partial charge in [-0.25, -0.2) is 0 Å². The van der Waals surface area contributed by atoms with Crippen molar-refractivity contribution in [2.45, 2.75) is 54.4 Å². The Labute approximate surface area is 354 Å². The van der Waals surface area contributed by atoms with Crippen molar-refractivity contribution in [2.75, 3.05) is 0 Å². The maximum Gasteiger partial charge on any atom is -0.00207 e. The van der Waals surface area contributed by atoms with E-state index >= 15 is 0 Å². The van der Waals surface area contributed by atoms with E-state index in [0.29, 0.717) is 0 Å². The summed E-state index contributed by atoms with van der Waals surface area (Å²) in [6.45, 7) is 13.6. The standard InChI is InChI=1S/C60H50/c1-7-41-19-21-43(22-20-41)48-33-49(46-14-11-12-42(8-2)32-46)35-50(34-48)51-29-18-39(5)58(40(51)6)60-54-28-17-37(3)30-56(54)59(53-27-16-38(4)31-57(53)60)47-26-25-45-24-23-44-13-9-10-15-52(44)55(45)36-47/h9-36H,7-8H2,1-6H3. The van der Waals surface area contributed by atoms with Gasteiger partial charge >= 0.3 is 0 Å². The molecular formula is C60H50. The molecule has 0 heteroatoms. The first-order valence-electron chi connectivity index (χ1n) is 21.6. The number of benzene rings is 10. The Morgan fingerprint density at radius 2 is 0.933 bits per heavy atom. The van der Waals surface area contributed by atoms with Gasteiger partial charge in [0, 0.05) is 0 Å². The molecule has 0 aliphatic heterocycles. The summed E-state index contributed by atoms with van der Waals surface area (Å²) in [4.78, 5) is 0. The van der Waals surface area contributed by atoms with Crippen LogP contribution in [0.1, 0.15) is 47.2 Å². The van der Waals surface area contributed by atoms with E-state index in [1.807, 2.05) is 0 Å². The van der Waals surface area contributed by atoms with E-state index in [-0.39, 0.29) is 0 Å². The van der Waals surface area contributed by atoms with Gasteiger partial charge < -0.3 is 0 Å². The minimum absolute atomic E-state index is 1.01. The van der Waals surface area contributed by atoms with Gasteiger partial charge in [0.2, 0.25) is 0 Å².